The third-order valence-corrected chi connectivity index (χ3v) is 4.26. The number of benzene rings is 1. The molecule has 1 saturated carbocycles. The molecule has 1 amide bonds. The first-order valence-electron chi connectivity index (χ1n) is 7.55. The quantitative estimate of drug-likeness (QED) is 0.942. The zero-order valence-corrected chi connectivity index (χ0v) is 12.5. The van der Waals surface area contributed by atoms with Gasteiger partial charge in [-0.25, -0.2) is 0 Å². The first-order valence-corrected chi connectivity index (χ1v) is 7.55. The van der Waals surface area contributed by atoms with Crippen LogP contribution in [0, 0.1) is 6.92 Å². The van der Waals surface area contributed by atoms with E-state index in [9.17, 15) is 9.59 Å². The highest BCUT2D eigenvalue weighted by molar-refractivity contribution is 5.97. The Hall–Kier alpha value is -2.10. The van der Waals surface area contributed by atoms with Crippen molar-refractivity contribution in [1.29, 1.82) is 0 Å². The maximum Gasteiger partial charge on any atom is 0.268 e. The van der Waals surface area contributed by atoms with Crippen LogP contribution in [-0.2, 0) is 6.54 Å². The topological polar surface area (TPSA) is 51.1 Å². The van der Waals surface area contributed by atoms with Crippen LogP contribution < -0.4 is 10.9 Å². The molecular formula is C17H20N2O2. The molecule has 1 aromatic heterocycles. The summed E-state index contributed by atoms with van der Waals surface area (Å²) in [5, 5.41) is 4.52. The van der Waals surface area contributed by atoms with Gasteiger partial charge in [0.15, 0.2) is 0 Å². The fourth-order valence-electron chi connectivity index (χ4n) is 2.78. The van der Waals surface area contributed by atoms with Crippen molar-refractivity contribution in [3.8, 4) is 0 Å². The molecule has 0 spiro atoms. The minimum atomic E-state index is -0.138. The van der Waals surface area contributed by atoms with E-state index in [-0.39, 0.29) is 17.5 Å². The van der Waals surface area contributed by atoms with Crippen molar-refractivity contribution in [2.75, 3.05) is 0 Å². The van der Waals surface area contributed by atoms with Crippen LogP contribution in [0.25, 0.3) is 10.8 Å². The summed E-state index contributed by atoms with van der Waals surface area (Å²) >= 11 is 0. The lowest BCUT2D eigenvalue weighted by molar-refractivity contribution is 0.0906. The van der Waals surface area contributed by atoms with E-state index in [1.807, 2.05) is 38.1 Å². The molecule has 1 aliphatic rings. The molecule has 0 unspecified atom stereocenters. The van der Waals surface area contributed by atoms with Gasteiger partial charge in [0.1, 0.15) is 5.69 Å². The van der Waals surface area contributed by atoms with Gasteiger partial charge in [-0.05, 0) is 50.6 Å². The van der Waals surface area contributed by atoms with E-state index in [0.717, 1.165) is 23.8 Å². The molecule has 0 saturated heterocycles. The van der Waals surface area contributed by atoms with E-state index in [2.05, 4.69) is 5.32 Å². The SMILES string of the molecule is CCn1c(C(=O)NC2CCC2)cc2ccc(C)cc2c1=O. The average Bonchev–Trinajstić information content (AvgIpc) is 2.43. The molecule has 1 N–H and O–H groups in total. The molecule has 1 heterocycles. The number of nitrogens with one attached hydrogen (secondary N) is 1. The van der Waals surface area contributed by atoms with Gasteiger partial charge in [0.05, 0.1) is 0 Å². The number of carbonyl (C=O) groups is 1. The summed E-state index contributed by atoms with van der Waals surface area (Å²) in [6.45, 7) is 4.35. The lowest BCUT2D eigenvalue weighted by atomic mass is 9.93. The minimum Gasteiger partial charge on any atom is -0.348 e. The molecular weight excluding hydrogens is 264 g/mol. The molecule has 4 nitrogen and oxygen atoms in total. The van der Waals surface area contributed by atoms with Crippen molar-refractivity contribution in [2.24, 2.45) is 0 Å². The van der Waals surface area contributed by atoms with Crippen LogP contribution in [0.15, 0.2) is 29.1 Å². The highest BCUT2D eigenvalue weighted by atomic mass is 16.2. The van der Waals surface area contributed by atoms with Crippen LogP contribution in [0.2, 0.25) is 0 Å². The number of carbonyl (C=O) groups excluding carboxylic acids is 1. The van der Waals surface area contributed by atoms with Gasteiger partial charge >= 0.3 is 0 Å². The van der Waals surface area contributed by atoms with Crippen molar-refractivity contribution >= 4 is 16.7 Å². The highest BCUT2D eigenvalue weighted by Gasteiger charge is 2.22. The van der Waals surface area contributed by atoms with Crippen molar-refractivity contribution in [3.05, 3.63) is 45.9 Å². The largest absolute Gasteiger partial charge is 0.348 e. The Morgan fingerprint density at radius 1 is 1.33 bits per heavy atom. The second kappa shape index (κ2) is 5.35. The van der Waals surface area contributed by atoms with Gasteiger partial charge in [-0.2, -0.15) is 0 Å². The number of aromatic nitrogens is 1. The van der Waals surface area contributed by atoms with Crippen LogP contribution in [0.1, 0.15) is 42.2 Å². The summed E-state index contributed by atoms with van der Waals surface area (Å²) in [5.41, 5.74) is 1.43. The zero-order chi connectivity index (χ0) is 15.0. The van der Waals surface area contributed by atoms with Gasteiger partial charge in [-0.1, -0.05) is 17.7 Å². The Bertz CT molecular complexity index is 757. The molecule has 0 aliphatic heterocycles. The van der Waals surface area contributed by atoms with E-state index >= 15 is 0 Å². The number of fused-ring (bicyclic) bond motifs is 1. The average molecular weight is 284 g/mol. The lowest BCUT2D eigenvalue weighted by Gasteiger charge is -2.27. The van der Waals surface area contributed by atoms with Gasteiger partial charge < -0.3 is 9.88 Å². The Kier molecular flexibility index (Phi) is 3.53. The third kappa shape index (κ3) is 2.46. The first-order chi connectivity index (χ1) is 10.1. The molecule has 1 aliphatic carbocycles. The predicted molar refractivity (Wildman–Crippen MR) is 83.7 cm³/mol. The first kappa shape index (κ1) is 13.9. The molecule has 110 valence electrons. The number of nitrogens with zero attached hydrogens (tertiary/aromatic N) is 1. The van der Waals surface area contributed by atoms with Crippen LogP contribution in [0.4, 0.5) is 0 Å². The highest BCUT2D eigenvalue weighted by Crippen LogP contribution is 2.19. The second-order valence-electron chi connectivity index (χ2n) is 5.77. The van der Waals surface area contributed by atoms with Crippen molar-refractivity contribution < 1.29 is 4.79 Å². The van der Waals surface area contributed by atoms with E-state index in [4.69, 9.17) is 0 Å². The molecule has 2 aromatic rings. The molecule has 21 heavy (non-hydrogen) atoms. The molecule has 3 rings (SSSR count). The zero-order valence-electron chi connectivity index (χ0n) is 12.5. The maximum atomic E-state index is 12.6. The Morgan fingerprint density at radius 2 is 2.10 bits per heavy atom. The fourth-order valence-corrected chi connectivity index (χ4v) is 2.78. The molecule has 1 fully saturated rings. The standard InChI is InChI=1S/C17H20N2O2/c1-3-19-15(16(20)18-13-5-4-6-13)10-12-8-7-11(2)9-14(12)17(19)21/h7-10,13H,3-6H2,1-2H3,(H,18,20). The van der Waals surface area contributed by atoms with E-state index in [0.29, 0.717) is 17.6 Å². The van der Waals surface area contributed by atoms with Gasteiger partial charge in [0, 0.05) is 18.0 Å². The van der Waals surface area contributed by atoms with Gasteiger partial charge in [0.2, 0.25) is 0 Å². The smallest absolute Gasteiger partial charge is 0.268 e. The van der Waals surface area contributed by atoms with E-state index in [1.54, 1.807) is 4.57 Å². The molecule has 0 bridgehead atoms. The van der Waals surface area contributed by atoms with E-state index in [1.165, 1.54) is 6.42 Å². The molecule has 1 aromatic carbocycles. The van der Waals surface area contributed by atoms with Crippen molar-refractivity contribution in [3.63, 3.8) is 0 Å². The van der Waals surface area contributed by atoms with Crippen LogP contribution in [-0.4, -0.2) is 16.5 Å². The number of hydrogen-bond donors (Lipinski definition) is 1. The van der Waals surface area contributed by atoms with Crippen molar-refractivity contribution in [2.45, 2.75) is 45.7 Å². The summed E-state index contributed by atoms with van der Waals surface area (Å²) in [4.78, 5) is 25.0. The summed E-state index contributed by atoms with van der Waals surface area (Å²) in [7, 11) is 0. The van der Waals surface area contributed by atoms with Gasteiger partial charge in [-0.15, -0.1) is 0 Å². The fraction of sp³-hybridized carbons (Fsp3) is 0.412. The Labute approximate surface area is 123 Å². The van der Waals surface area contributed by atoms with Gasteiger partial charge in [0.25, 0.3) is 11.5 Å². The predicted octanol–water partition coefficient (Wildman–Crippen LogP) is 2.61. The number of amides is 1. The summed E-state index contributed by atoms with van der Waals surface area (Å²) in [6, 6.07) is 7.86. The van der Waals surface area contributed by atoms with Gasteiger partial charge in [-0.3, -0.25) is 9.59 Å². The molecule has 0 radical (unpaired) electrons. The number of hydrogen-bond acceptors (Lipinski definition) is 2. The van der Waals surface area contributed by atoms with Crippen LogP contribution in [0.5, 0.6) is 0 Å². The third-order valence-electron chi connectivity index (χ3n) is 4.26. The number of rotatable bonds is 3. The minimum absolute atomic E-state index is 0.0857. The normalized spacial score (nSPS) is 15.0. The number of aryl methyl sites for hydroxylation is 1. The Morgan fingerprint density at radius 3 is 2.71 bits per heavy atom. The lowest BCUT2D eigenvalue weighted by Crippen LogP contribution is -2.41. The maximum absolute atomic E-state index is 12.6. The summed E-state index contributed by atoms with van der Waals surface area (Å²) in [6.07, 6.45) is 3.24. The van der Waals surface area contributed by atoms with E-state index < -0.39 is 0 Å². The number of pyridine rings is 1. The molecule has 4 heteroatoms. The van der Waals surface area contributed by atoms with Crippen LogP contribution >= 0.6 is 0 Å². The Balaban J connectivity index is 2.10. The molecule has 0 atom stereocenters. The van der Waals surface area contributed by atoms with Crippen LogP contribution in [0.3, 0.4) is 0 Å². The second-order valence-corrected chi connectivity index (χ2v) is 5.77. The van der Waals surface area contributed by atoms with Crippen molar-refractivity contribution in [1.82, 2.24) is 9.88 Å². The summed E-state index contributed by atoms with van der Waals surface area (Å²) < 4.78 is 1.57. The monoisotopic (exact) mass is 284 g/mol. The summed E-state index contributed by atoms with van der Waals surface area (Å²) in [5.74, 6) is -0.138.